The van der Waals surface area contributed by atoms with Crippen LogP contribution in [0.5, 0.6) is 0 Å². The van der Waals surface area contributed by atoms with Gasteiger partial charge in [-0.1, -0.05) is 0 Å². The molecule has 0 radical (unpaired) electrons. The molecular weight excluding hydrogens is 533 g/mol. The molecule has 0 unspecified atom stereocenters. The molecule has 0 N–H and O–H groups in total. The van der Waals surface area contributed by atoms with Gasteiger partial charge in [-0.15, -0.1) is 0 Å². The predicted molar refractivity (Wildman–Crippen MR) is 133 cm³/mol. The Kier molecular flexibility index (Phi) is 13.3. The number of carbonyl (C=O) groups excluding carboxylic acids is 1. The number of anilines is 1. The van der Waals surface area contributed by atoms with Crippen LogP contribution in [0.2, 0.25) is 13.3 Å². The van der Waals surface area contributed by atoms with Gasteiger partial charge in [0.2, 0.25) is 0 Å². The fourth-order valence-electron chi connectivity index (χ4n) is 3.93. The van der Waals surface area contributed by atoms with Gasteiger partial charge in [0.05, 0.1) is 0 Å². The van der Waals surface area contributed by atoms with Crippen LogP contribution in [0.25, 0.3) is 0 Å². The second kappa shape index (κ2) is 14.5. The van der Waals surface area contributed by atoms with E-state index in [2.05, 4.69) is 43.3 Å². The van der Waals surface area contributed by atoms with Crippen LogP contribution in [0.15, 0.2) is 38.9 Å². The normalized spacial score (nSPS) is 11.3. The number of halogens is 1. The zero-order valence-corrected chi connectivity index (χ0v) is 23.4. The van der Waals surface area contributed by atoms with Gasteiger partial charge < -0.3 is 0 Å². The van der Waals surface area contributed by atoms with Crippen molar-refractivity contribution < 1.29 is 9.53 Å². The van der Waals surface area contributed by atoms with E-state index < -0.39 is 18.4 Å². The van der Waals surface area contributed by atoms with Gasteiger partial charge in [0, 0.05) is 0 Å². The summed E-state index contributed by atoms with van der Waals surface area (Å²) in [5.74, 6) is 0. The minimum atomic E-state index is -2.62. The first-order chi connectivity index (χ1) is 14.0. The van der Waals surface area contributed by atoms with E-state index in [1.54, 1.807) is 4.90 Å². The van der Waals surface area contributed by atoms with Crippen LogP contribution in [-0.2, 0) is 4.74 Å². The first kappa shape index (κ1) is 26.5. The summed E-state index contributed by atoms with van der Waals surface area (Å²) in [6.07, 6.45) is 7.29. The molecule has 0 saturated heterocycles. The van der Waals surface area contributed by atoms with Crippen LogP contribution >= 0.6 is 15.9 Å². The Morgan fingerprint density at radius 2 is 1.52 bits per heavy atom. The first-order valence-electron chi connectivity index (χ1n) is 11.3. The second-order valence-electron chi connectivity index (χ2n) is 7.93. The Labute approximate surface area is 191 Å². The van der Waals surface area contributed by atoms with Crippen LogP contribution in [0.4, 0.5) is 10.5 Å². The fraction of sp³-hybridized carbons (Fsp3) is 0.625. The van der Waals surface area contributed by atoms with Gasteiger partial charge in [0.25, 0.3) is 0 Å². The molecule has 1 rings (SSSR count). The summed E-state index contributed by atoms with van der Waals surface area (Å²) >= 11 is 0.999. The summed E-state index contributed by atoms with van der Waals surface area (Å²) in [5.41, 5.74) is 0.869. The quantitative estimate of drug-likeness (QED) is 0.210. The average molecular weight is 573 g/mol. The van der Waals surface area contributed by atoms with Gasteiger partial charge in [0.1, 0.15) is 0 Å². The topological polar surface area (TPSA) is 29.5 Å². The Balaban J connectivity index is 3.23. The van der Waals surface area contributed by atoms with Crippen LogP contribution in [0.1, 0.15) is 66.2 Å². The molecule has 1 amide bonds. The van der Waals surface area contributed by atoms with Crippen molar-refractivity contribution in [1.82, 2.24) is 0 Å². The van der Waals surface area contributed by atoms with Gasteiger partial charge in [-0.05, 0) is 0 Å². The Morgan fingerprint density at radius 1 is 1.00 bits per heavy atom. The minimum absolute atomic E-state index is 0.276. The van der Waals surface area contributed by atoms with Gasteiger partial charge in [-0.2, -0.15) is 0 Å². The third-order valence-electron chi connectivity index (χ3n) is 5.76. The maximum atomic E-state index is 12.9. The summed E-state index contributed by atoms with van der Waals surface area (Å²) in [7, 11) is 0. The Hall–Kier alpha value is -0.491. The van der Waals surface area contributed by atoms with Gasteiger partial charge in [-0.25, -0.2) is 0 Å². The van der Waals surface area contributed by atoms with E-state index in [0.29, 0.717) is 13.2 Å². The third-order valence-corrected chi connectivity index (χ3v) is 22.4. The third kappa shape index (κ3) is 8.28. The number of benzene rings is 1. The molecule has 1 aromatic carbocycles. The first-order valence-corrected chi connectivity index (χ1v) is 19.6. The van der Waals surface area contributed by atoms with E-state index in [-0.39, 0.29) is 6.09 Å². The van der Waals surface area contributed by atoms with Crippen molar-refractivity contribution in [1.29, 1.82) is 0 Å². The standard InChI is InChI=1S/C12H13BrNO2.3C4H9.Sn/c1-3-9-14(12(15)16-4-2)11-8-6-5-7-10(11)13;3*1-3-4-2;/h5-8H,1,4,9H2,2H3;3*1,3-4H2,2H3;. The Bertz CT molecular complexity index is 613. The van der Waals surface area contributed by atoms with Crippen LogP contribution in [-0.4, -0.2) is 37.6 Å². The number of ether oxygens (including phenoxy) is 1. The molecule has 0 saturated carbocycles. The molecule has 0 atom stereocenters. The van der Waals surface area contributed by atoms with Gasteiger partial charge >= 0.3 is 192 Å². The summed E-state index contributed by atoms with van der Waals surface area (Å²) in [5, 5.41) is 0. The van der Waals surface area contributed by atoms with Crippen molar-refractivity contribution in [3.63, 3.8) is 0 Å². The van der Waals surface area contributed by atoms with Crippen molar-refractivity contribution in [2.45, 2.75) is 79.5 Å². The second-order valence-corrected chi connectivity index (χ2v) is 22.4. The van der Waals surface area contributed by atoms with E-state index in [4.69, 9.17) is 4.74 Å². The Morgan fingerprint density at radius 3 is 1.97 bits per heavy atom. The number of para-hydroxylation sites is 1. The molecule has 0 heterocycles. The molecule has 0 aliphatic carbocycles. The predicted octanol–water partition coefficient (Wildman–Crippen LogP) is 8.36. The number of amides is 1. The van der Waals surface area contributed by atoms with Crippen molar-refractivity contribution >= 4 is 46.1 Å². The molecule has 0 spiro atoms. The molecule has 1 aromatic rings. The van der Waals surface area contributed by atoms with E-state index in [9.17, 15) is 4.79 Å². The van der Waals surface area contributed by atoms with E-state index in [1.165, 1.54) is 55.4 Å². The monoisotopic (exact) mass is 573 g/mol. The summed E-state index contributed by atoms with van der Waals surface area (Å²) in [6.45, 7) is 14.3. The van der Waals surface area contributed by atoms with E-state index in [1.807, 2.05) is 31.2 Å². The van der Waals surface area contributed by atoms with Gasteiger partial charge in [0.15, 0.2) is 0 Å². The molecule has 29 heavy (non-hydrogen) atoms. The van der Waals surface area contributed by atoms with Crippen LogP contribution in [0, 0.1) is 0 Å². The maximum absolute atomic E-state index is 12.9. The molecule has 164 valence electrons. The average Bonchev–Trinajstić information content (AvgIpc) is 2.72. The summed E-state index contributed by atoms with van der Waals surface area (Å²) in [6, 6.07) is 7.90. The number of hydrogen-bond donors (Lipinski definition) is 0. The number of nitrogens with zero attached hydrogens (tertiary/aromatic N) is 1. The van der Waals surface area contributed by atoms with Crippen molar-refractivity contribution in [3.8, 4) is 0 Å². The van der Waals surface area contributed by atoms with Crippen LogP contribution < -0.4 is 4.90 Å². The van der Waals surface area contributed by atoms with Crippen molar-refractivity contribution in [2.24, 2.45) is 0 Å². The van der Waals surface area contributed by atoms with Gasteiger partial charge in [-0.3, -0.25) is 0 Å². The molecule has 0 fully saturated rings. The zero-order chi connectivity index (χ0) is 21.7. The molecule has 0 aliphatic heterocycles. The van der Waals surface area contributed by atoms with Crippen LogP contribution in [0.3, 0.4) is 0 Å². The summed E-state index contributed by atoms with van der Waals surface area (Å²) in [4.78, 5) is 14.7. The van der Waals surface area contributed by atoms with E-state index in [0.717, 1.165) is 10.2 Å². The molecule has 0 aromatic heterocycles. The fourth-order valence-corrected chi connectivity index (χ4v) is 19.8. The zero-order valence-electron chi connectivity index (χ0n) is 18.9. The number of unbranched alkanes of at least 4 members (excludes halogenated alkanes) is 3. The molecule has 5 heteroatoms. The molecular formula is C24H40BrNO2Sn. The molecule has 0 bridgehead atoms. The summed E-state index contributed by atoms with van der Waals surface area (Å²) < 4.78 is 11.8. The number of carbonyl (C=O) groups is 1. The molecule has 0 aliphatic rings. The van der Waals surface area contributed by atoms with Crippen molar-refractivity contribution in [2.75, 3.05) is 18.1 Å². The van der Waals surface area contributed by atoms with Crippen molar-refractivity contribution in [3.05, 3.63) is 38.9 Å². The number of hydrogen-bond acceptors (Lipinski definition) is 2. The number of rotatable bonds is 14. The molecule has 3 nitrogen and oxygen atoms in total. The van der Waals surface area contributed by atoms with E-state index >= 15 is 0 Å². The SMILES string of the molecule is C=[C](CN(C(=O)OCC)c1ccccc1Br)[Sn]([CH2]CCC)([CH2]CCC)[CH2]CCC.